The molecule has 2 N–H and O–H groups in total. The highest BCUT2D eigenvalue weighted by molar-refractivity contribution is 9.10. The van der Waals surface area contributed by atoms with E-state index in [0.717, 1.165) is 15.9 Å². The van der Waals surface area contributed by atoms with Crippen molar-refractivity contribution in [3.63, 3.8) is 0 Å². The molecule has 0 atom stereocenters. The molecule has 14 heavy (non-hydrogen) atoms. The Balaban J connectivity index is 2.55. The summed E-state index contributed by atoms with van der Waals surface area (Å²) in [6.07, 6.45) is 5.31. The monoisotopic (exact) mass is 252 g/mol. The highest BCUT2D eigenvalue weighted by Crippen LogP contribution is 2.19. The number of nitrogen functional groups attached to an aromatic ring is 1. The summed E-state index contributed by atoms with van der Waals surface area (Å²) in [6.45, 7) is 1.98. The van der Waals surface area contributed by atoms with E-state index in [1.165, 1.54) is 0 Å². The molecule has 0 aliphatic heterocycles. The smallest absolute Gasteiger partial charge is 0.108 e. The molecule has 0 fully saturated rings. The van der Waals surface area contributed by atoms with Crippen LogP contribution in [0.15, 0.2) is 29.3 Å². The third-order valence-corrected chi connectivity index (χ3v) is 2.27. The van der Waals surface area contributed by atoms with Crippen molar-refractivity contribution in [1.29, 1.82) is 0 Å². The van der Waals surface area contributed by atoms with Crippen LogP contribution in [0.25, 0.3) is 5.69 Å². The number of aromatic nitrogens is 3. The number of aryl methyl sites for hydroxylation is 1. The van der Waals surface area contributed by atoms with Crippen LogP contribution in [0.5, 0.6) is 0 Å². The number of anilines is 1. The molecule has 2 aromatic rings. The van der Waals surface area contributed by atoms with E-state index in [-0.39, 0.29) is 0 Å². The van der Waals surface area contributed by atoms with E-state index in [2.05, 4.69) is 26.0 Å². The van der Waals surface area contributed by atoms with Crippen molar-refractivity contribution in [2.45, 2.75) is 6.92 Å². The number of pyridine rings is 1. The molecule has 0 amide bonds. The molecule has 2 heterocycles. The molecular formula is C9H9BrN4. The van der Waals surface area contributed by atoms with Gasteiger partial charge in [0.15, 0.2) is 0 Å². The number of nitrogens with zero attached hydrogens (tertiary/aromatic N) is 3. The predicted molar refractivity (Wildman–Crippen MR) is 58.2 cm³/mol. The van der Waals surface area contributed by atoms with Crippen molar-refractivity contribution < 1.29 is 0 Å². The van der Waals surface area contributed by atoms with Gasteiger partial charge in [-0.05, 0) is 34.5 Å². The molecule has 0 saturated carbocycles. The maximum absolute atomic E-state index is 5.79. The molecular weight excluding hydrogens is 244 g/mol. The van der Waals surface area contributed by atoms with Gasteiger partial charge in [-0.2, -0.15) is 5.10 Å². The average Bonchev–Trinajstić information content (AvgIpc) is 2.56. The van der Waals surface area contributed by atoms with Gasteiger partial charge < -0.3 is 5.73 Å². The molecule has 0 aromatic carbocycles. The second-order valence-electron chi connectivity index (χ2n) is 3.03. The first-order valence-corrected chi connectivity index (χ1v) is 4.89. The summed E-state index contributed by atoms with van der Waals surface area (Å²) in [5.41, 5.74) is 8.32. The van der Waals surface area contributed by atoms with Crippen LogP contribution in [0.1, 0.15) is 5.56 Å². The van der Waals surface area contributed by atoms with Gasteiger partial charge in [0, 0.05) is 6.20 Å². The standard InChI is InChI=1S/C9H9BrN4/c1-6-3-13-14(5-6)8-2-9(10)12-4-7(8)11/h2-5H,11H2,1H3. The van der Waals surface area contributed by atoms with Gasteiger partial charge in [0.25, 0.3) is 0 Å². The lowest BCUT2D eigenvalue weighted by atomic mass is 10.3. The van der Waals surface area contributed by atoms with Crippen LogP contribution in [-0.2, 0) is 0 Å². The zero-order valence-electron chi connectivity index (χ0n) is 7.61. The average molecular weight is 253 g/mol. The third kappa shape index (κ3) is 1.63. The zero-order chi connectivity index (χ0) is 10.1. The first-order chi connectivity index (χ1) is 6.66. The summed E-state index contributed by atoms with van der Waals surface area (Å²) >= 11 is 3.29. The van der Waals surface area contributed by atoms with Crippen molar-refractivity contribution >= 4 is 21.6 Å². The molecule has 2 rings (SSSR count). The summed E-state index contributed by atoms with van der Waals surface area (Å²) < 4.78 is 2.48. The van der Waals surface area contributed by atoms with Crippen LogP contribution in [0, 0.1) is 6.92 Å². The van der Waals surface area contributed by atoms with E-state index in [1.54, 1.807) is 17.1 Å². The Morgan fingerprint density at radius 3 is 2.86 bits per heavy atom. The fourth-order valence-electron chi connectivity index (χ4n) is 1.17. The van der Waals surface area contributed by atoms with Gasteiger partial charge in [0.2, 0.25) is 0 Å². The quantitative estimate of drug-likeness (QED) is 0.790. The molecule has 2 aromatic heterocycles. The highest BCUT2D eigenvalue weighted by atomic mass is 79.9. The number of hydrogen-bond acceptors (Lipinski definition) is 3. The Labute approximate surface area is 89.9 Å². The molecule has 0 saturated heterocycles. The van der Waals surface area contributed by atoms with Gasteiger partial charge in [0.05, 0.1) is 23.8 Å². The molecule has 0 unspecified atom stereocenters. The minimum Gasteiger partial charge on any atom is -0.396 e. The zero-order valence-corrected chi connectivity index (χ0v) is 9.19. The Hall–Kier alpha value is -1.36. The van der Waals surface area contributed by atoms with Crippen molar-refractivity contribution in [3.8, 4) is 5.69 Å². The van der Waals surface area contributed by atoms with E-state index in [1.807, 2.05) is 19.2 Å². The predicted octanol–water partition coefficient (Wildman–Crippen LogP) is 1.92. The van der Waals surface area contributed by atoms with E-state index in [4.69, 9.17) is 5.73 Å². The Kier molecular flexibility index (Phi) is 2.25. The van der Waals surface area contributed by atoms with E-state index in [9.17, 15) is 0 Å². The maximum atomic E-state index is 5.79. The summed E-state index contributed by atoms with van der Waals surface area (Å²) in [7, 11) is 0. The van der Waals surface area contributed by atoms with E-state index >= 15 is 0 Å². The highest BCUT2D eigenvalue weighted by Gasteiger charge is 2.04. The first-order valence-electron chi connectivity index (χ1n) is 4.09. The van der Waals surface area contributed by atoms with Gasteiger partial charge in [-0.1, -0.05) is 0 Å². The lowest BCUT2D eigenvalue weighted by molar-refractivity contribution is 0.878. The van der Waals surface area contributed by atoms with Crippen LogP contribution in [0.2, 0.25) is 0 Å². The van der Waals surface area contributed by atoms with Crippen LogP contribution in [-0.4, -0.2) is 14.8 Å². The molecule has 72 valence electrons. The van der Waals surface area contributed by atoms with Crippen LogP contribution < -0.4 is 5.73 Å². The topological polar surface area (TPSA) is 56.7 Å². The van der Waals surface area contributed by atoms with Gasteiger partial charge in [-0.15, -0.1) is 0 Å². The van der Waals surface area contributed by atoms with Crippen LogP contribution in [0.4, 0.5) is 5.69 Å². The Morgan fingerprint density at radius 1 is 1.43 bits per heavy atom. The fraction of sp³-hybridized carbons (Fsp3) is 0.111. The third-order valence-electron chi connectivity index (χ3n) is 1.84. The minimum atomic E-state index is 0.608. The largest absolute Gasteiger partial charge is 0.396 e. The van der Waals surface area contributed by atoms with Gasteiger partial charge in [-0.3, -0.25) is 0 Å². The lowest BCUT2D eigenvalue weighted by Gasteiger charge is -2.04. The second-order valence-corrected chi connectivity index (χ2v) is 3.84. The summed E-state index contributed by atoms with van der Waals surface area (Å²) in [4.78, 5) is 4.02. The van der Waals surface area contributed by atoms with E-state index in [0.29, 0.717) is 5.69 Å². The van der Waals surface area contributed by atoms with Crippen molar-refractivity contribution in [2.75, 3.05) is 5.73 Å². The Bertz CT molecular complexity index is 464. The summed E-state index contributed by atoms with van der Waals surface area (Å²) in [5, 5.41) is 4.18. The number of rotatable bonds is 1. The molecule has 0 aliphatic rings. The summed E-state index contributed by atoms with van der Waals surface area (Å²) in [6, 6.07) is 1.84. The van der Waals surface area contributed by atoms with Crippen molar-refractivity contribution in [3.05, 3.63) is 34.8 Å². The maximum Gasteiger partial charge on any atom is 0.108 e. The van der Waals surface area contributed by atoms with Gasteiger partial charge in [0.1, 0.15) is 4.60 Å². The molecule has 0 bridgehead atoms. The van der Waals surface area contributed by atoms with Crippen LogP contribution in [0.3, 0.4) is 0 Å². The number of nitrogens with two attached hydrogens (primary N) is 1. The molecule has 0 radical (unpaired) electrons. The fourth-order valence-corrected chi connectivity index (χ4v) is 1.49. The summed E-state index contributed by atoms with van der Waals surface area (Å²) in [5.74, 6) is 0. The molecule has 0 spiro atoms. The number of hydrogen-bond donors (Lipinski definition) is 1. The lowest BCUT2D eigenvalue weighted by Crippen LogP contribution is -2.00. The van der Waals surface area contributed by atoms with Crippen LogP contribution >= 0.6 is 15.9 Å². The Morgan fingerprint density at radius 2 is 2.21 bits per heavy atom. The second kappa shape index (κ2) is 3.42. The minimum absolute atomic E-state index is 0.608. The van der Waals surface area contributed by atoms with E-state index < -0.39 is 0 Å². The number of halogens is 1. The van der Waals surface area contributed by atoms with Gasteiger partial charge >= 0.3 is 0 Å². The molecule has 4 nitrogen and oxygen atoms in total. The SMILES string of the molecule is Cc1cnn(-c2cc(Br)ncc2N)c1. The molecule has 0 aliphatic carbocycles. The van der Waals surface area contributed by atoms with Crippen molar-refractivity contribution in [1.82, 2.24) is 14.8 Å². The molecule has 5 heteroatoms. The normalized spacial score (nSPS) is 10.4. The first kappa shape index (κ1) is 9.21. The van der Waals surface area contributed by atoms with Gasteiger partial charge in [-0.25, -0.2) is 9.67 Å². The van der Waals surface area contributed by atoms with Crippen molar-refractivity contribution in [2.24, 2.45) is 0 Å².